The van der Waals surface area contributed by atoms with E-state index < -0.39 is 29.7 Å². The number of nitrogens with zero attached hydrogens (tertiary/aromatic N) is 4. The Bertz CT molecular complexity index is 1270. The third kappa shape index (κ3) is 7.98. The highest BCUT2D eigenvalue weighted by atomic mass is 35.5. The average molecular weight is 588 g/mol. The highest BCUT2D eigenvalue weighted by Crippen LogP contribution is 2.36. The van der Waals surface area contributed by atoms with Gasteiger partial charge in [-0.1, -0.05) is 50.6 Å². The summed E-state index contributed by atoms with van der Waals surface area (Å²) in [6.45, 7) is 13.0. The number of rotatable bonds is 8. The van der Waals surface area contributed by atoms with Crippen LogP contribution in [0.15, 0.2) is 59.2 Å². The Labute approximate surface area is 246 Å². The molecule has 2 aliphatic heterocycles. The minimum Gasteiger partial charge on any atom is -0.478 e. The number of benzene rings is 2. The minimum absolute atomic E-state index is 0.287. The number of nitrogens with two attached hydrogens (primary N) is 1. The quantitative estimate of drug-likeness (QED) is 0.301. The van der Waals surface area contributed by atoms with Crippen LogP contribution in [0.3, 0.4) is 0 Å². The van der Waals surface area contributed by atoms with E-state index in [9.17, 15) is 18.7 Å². The molecule has 0 bridgehead atoms. The van der Waals surface area contributed by atoms with Crippen molar-refractivity contribution in [2.24, 2.45) is 16.1 Å². The largest absolute Gasteiger partial charge is 0.478 e. The van der Waals surface area contributed by atoms with Gasteiger partial charge in [0.15, 0.2) is 0 Å². The summed E-state index contributed by atoms with van der Waals surface area (Å²) in [5.74, 6) is -1.52. The number of hydrogen-bond acceptors (Lipinski definition) is 6. The van der Waals surface area contributed by atoms with Crippen LogP contribution in [0, 0.1) is 5.41 Å². The number of carbonyl (C=O) groups is 1. The van der Waals surface area contributed by atoms with E-state index in [1.165, 1.54) is 5.69 Å². The maximum atomic E-state index is 13.7. The molecule has 7 nitrogen and oxygen atoms in total. The molecular weight excluding hydrogens is 548 g/mol. The molecule has 0 amide bonds. The summed E-state index contributed by atoms with van der Waals surface area (Å²) in [6.07, 6.45) is -1.08. The van der Waals surface area contributed by atoms with Crippen molar-refractivity contribution in [3.8, 4) is 11.1 Å². The molecule has 4 rings (SSSR count). The van der Waals surface area contributed by atoms with Crippen LogP contribution in [-0.2, 0) is 4.79 Å². The molecule has 0 radical (unpaired) electrons. The Morgan fingerprint density at radius 3 is 2.37 bits per heavy atom. The van der Waals surface area contributed by atoms with Crippen LogP contribution in [0.4, 0.5) is 20.2 Å². The summed E-state index contributed by atoms with van der Waals surface area (Å²) < 4.78 is 27.5. The molecule has 2 aromatic rings. The number of alkyl halides is 2. The highest BCUT2D eigenvalue weighted by Gasteiger charge is 2.28. The molecule has 0 spiro atoms. The zero-order valence-corrected chi connectivity index (χ0v) is 24.7. The monoisotopic (exact) mass is 587 g/mol. The zero-order chi connectivity index (χ0) is 29.7. The van der Waals surface area contributed by atoms with Crippen LogP contribution >= 0.6 is 11.6 Å². The van der Waals surface area contributed by atoms with Crippen molar-refractivity contribution < 1.29 is 18.7 Å². The first-order chi connectivity index (χ1) is 19.4. The van der Waals surface area contributed by atoms with Gasteiger partial charge in [-0.25, -0.2) is 13.6 Å². The van der Waals surface area contributed by atoms with Gasteiger partial charge in [0.2, 0.25) is 0 Å². The number of piperazine rings is 1. The van der Waals surface area contributed by atoms with Gasteiger partial charge in [0.25, 0.3) is 6.43 Å². The van der Waals surface area contributed by atoms with Gasteiger partial charge in [0.1, 0.15) is 11.3 Å². The molecule has 0 saturated carbocycles. The summed E-state index contributed by atoms with van der Waals surface area (Å²) in [6, 6.07) is 13.7. The molecule has 2 aromatic carbocycles. The van der Waals surface area contributed by atoms with Crippen LogP contribution in [-0.4, -0.2) is 80.0 Å². The lowest BCUT2D eigenvalue weighted by molar-refractivity contribution is -0.132. The first kappa shape index (κ1) is 30.8. The zero-order valence-electron chi connectivity index (χ0n) is 24.0. The summed E-state index contributed by atoms with van der Waals surface area (Å²) >= 11 is 6.41. The Kier molecular flexibility index (Phi) is 9.92. The minimum atomic E-state index is -3.04. The van der Waals surface area contributed by atoms with Crippen LogP contribution in [0.5, 0.6) is 0 Å². The fourth-order valence-corrected chi connectivity index (χ4v) is 5.85. The molecule has 2 saturated heterocycles. The van der Waals surface area contributed by atoms with Crippen molar-refractivity contribution in [2.75, 3.05) is 55.6 Å². The molecule has 10 heteroatoms. The van der Waals surface area contributed by atoms with Gasteiger partial charge in [-0.3, -0.25) is 9.89 Å². The summed E-state index contributed by atoms with van der Waals surface area (Å²) in [4.78, 5) is 22.6. The van der Waals surface area contributed by atoms with Crippen LogP contribution in [0.1, 0.15) is 33.6 Å². The van der Waals surface area contributed by atoms with Crippen LogP contribution in [0.25, 0.3) is 11.1 Å². The van der Waals surface area contributed by atoms with Crippen molar-refractivity contribution in [3.63, 3.8) is 0 Å². The Morgan fingerprint density at radius 1 is 1.10 bits per heavy atom. The molecule has 41 heavy (non-hydrogen) atoms. The third-order valence-corrected chi connectivity index (χ3v) is 7.75. The Hall–Kier alpha value is -3.17. The van der Waals surface area contributed by atoms with Crippen molar-refractivity contribution >= 4 is 34.7 Å². The van der Waals surface area contributed by atoms with Crippen molar-refractivity contribution in [2.45, 2.75) is 46.1 Å². The van der Waals surface area contributed by atoms with Gasteiger partial charge < -0.3 is 20.6 Å². The lowest BCUT2D eigenvalue weighted by Gasteiger charge is -2.39. The van der Waals surface area contributed by atoms with E-state index in [1.54, 1.807) is 0 Å². The standard InChI is InChI=1S/C31H40ClF2N5O2/c1-31(2,3)20-37-13-15-38(16-14-37)24-9-6-21(7-10-24)25-11-8-22(32)17-27(25)39-12-4-5-23(19-39)36-28(29(33)34)26(18-35)30(40)41/h6-11,17-18,23,29H,4-5,12-16,19-20,35H2,1-3H3,(H,40,41). The van der Waals surface area contributed by atoms with E-state index in [-0.39, 0.29) is 5.41 Å². The van der Waals surface area contributed by atoms with Gasteiger partial charge in [0.05, 0.1) is 6.04 Å². The lowest BCUT2D eigenvalue weighted by Crippen LogP contribution is -2.48. The molecule has 1 unspecified atom stereocenters. The number of halogens is 3. The van der Waals surface area contributed by atoms with Crippen molar-refractivity contribution in [1.29, 1.82) is 0 Å². The second-order valence-corrected chi connectivity index (χ2v) is 12.4. The van der Waals surface area contributed by atoms with E-state index in [0.29, 0.717) is 37.2 Å². The topological polar surface area (TPSA) is 85.4 Å². The number of anilines is 2. The van der Waals surface area contributed by atoms with E-state index in [0.717, 1.165) is 49.5 Å². The number of aliphatic carboxylic acids is 1. The number of carboxylic acid groups (broad SMARTS) is 1. The van der Waals surface area contributed by atoms with Gasteiger partial charge in [-0.05, 0) is 48.1 Å². The predicted molar refractivity (Wildman–Crippen MR) is 164 cm³/mol. The Balaban J connectivity index is 1.52. The lowest BCUT2D eigenvalue weighted by atomic mass is 9.95. The van der Waals surface area contributed by atoms with Crippen molar-refractivity contribution in [3.05, 3.63) is 59.3 Å². The number of aliphatic imine (C=N–C) groups is 1. The van der Waals surface area contributed by atoms with Gasteiger partial charge >= 0.3 is 5.97 Å². The second kappa shape index (κ2) is 13.2. The second-order valence-electron chi connectivity index (χ2n) is 12.0. The van der Waals surface area contributed by atoms with E-state index in [2.05, 4.69) is 64.7 Å². The molecule has 222 valence electrons. The maximum Gasteiger partial charge on any atom is 0.339 e. The molecule has 3 N–H and O–H groups in total. The van der Waals surface area contributed by atoms with E-state index >= 15 is 0 Å². The van der Waals surface area contributed by atoms with Gasteiger partial charge in [-0.15, -0.1) is 0 Å². The number of carboxylic acids is 1. The summed E-state index contributed by atoms with van der Waals surface area (Å²) in [7, 11) is 0. The predicted octanol–water partition coefficient (Wildman–Crippen LogP) is 5.78. The molecule has 2 aliphatic rings. The fourth-order valence-electron chi connectivity index (χ4n) is 5.68. The molecule has 0 aliphatic carbocycles. The van der Waals surface area contributed by atoms with Crippen molar-refractivity contribution in [1.82, 2.24) is 4.90 Å². The summed E-state index contributed by atoms with van der Waals surface area (Å²) in [5.41, 5.74) is 8.27. The summed E-state index contributed by atoms with van der Waals surface area (Å²) in [5, 5.41) is 9.88. The van der Waals surface area contributed by atoms with Gasteiger partial charge in [-0.2, -0.15) is 0 Å². The number of hydrogen-bond donors (Lipinski definition) is 2. The molecule has 2 fully saturated rings. The first-order valence-electron chi connectivity index (χ1n) is 14.1. The van der Waals surface area contributed by atoms with Crippen LogP contribution < -0.4 is 15.5 Å². The molecule has 1 atom stereocenters. The van der Waals surface area contributed by atoms with Gasteiger partial charge in [0, 0.05) is 74.0 Å². The molecule has 2 heterocycles. The van der Waals surface area contributed by atoms with E-state index in [1.807, 2.05) is 18.2 Å². The van der Waals surface area contributed by atoms with E-state index in [4.69, 9.17) is 17.3 Å². The normalized spacial score (nSPS) is 19.6. The Morgan fingerprint density at radius 2 is 1.78 bits per heavy atom. The maximum absolute atomic E-state index is 13.7. The third-order valence-electron chi connectivity index (χ3n) is 7.51. The molecular formula is C31H40ClF2N5O2. The smallest absolute Gasteiger partial charge is 0.339 e. The fraction of sp³-hybridized carbons (Fsp3) is 0.484. The van der Waals surface area contributed by atoms with Crippen LogP contribution in [0.2, 0.25) is 5.02 Å². The first-order valence-corrected chi connectivity index (χ1v) is 14.5. The average Bonchev–Trinajstić information content (AvgIpc) is 2.92. The number of piperidine rings is 1. The molecule has 0 aromatic heterocycles. The SMILES string of the molecule is CC(C)(C)CN1CCN(c2ccc(-c3ccc(Cl)cc3N3CCCC(N=C(C(=CN)C(=O)O)C(F)F)C3)cc2)CC1. The highest BCUT2D eigenvalue weighted by molar-refractivity contribution is 6.31.